The SMILES string of the molecule is Cc1cnc2oc(-c3nc(CN)cs3)cn12. The van der Waals surface area contributed by atoms with E-state index in [-0.39, 0.29) is 0 Å². The van der Waals surface area contributed by atoms with E-state index in [0.29, 0.717) is 12.4 Å². The Morgan fingerprint density at radius 1 is 1.56 bits per heavy atom. The molecule has 3 aromatic heterocycles. The lowest BCUT2D eigenvalue weighted by atomic mass is 10.5. The molecule has 0 unspecified atom stereocenters. The van der Waals surface area contributed by atoms with Crippen LogP contribution in [-0.4, -0.2) is 14.4 Å². The highest BCUT2D eigenvalue weighted by Crippen LogP contribution is 2.26. The minimum absolute atomic E-state index is 0.452. The summed E-state index contributed by atoms with van der Waals surface area (Å²) >= 11 is 1.53. The van der Waals surface area contributed by atoms with Crippen LogP contribution in [0.5, 0.6) is 0 Å². The smallest absolute Gasteiger partial charge is 0.306 e. The second-order valence-corrected chi connectivity index (χ2v) is 4.35. The average molecular weight is 234 g/mol. The van der Waals surface area contributed by atoms with Crippen molar-refractivity contribution in [2.24, 2.45) is 5.73 Å². The maximum atomic E-state index is 5.59. The van der Waals surface area contributed by atoms with E-state index in [1.807, 2.05) is 22.9 Å². The molecule has 0 saturated heterocycles. The van der Waals surface area contributed by atoms with E-state index in [4.69, 9.17) is 10.2 Å². The number of fused-ring (bicyclic) bond motifs is 1. The van der Waals surface area contributed by atoms with Gasteiger partial charge in [-0.25, -0.2) is 9.97 Å². The zero-order valence-electron chi connectivity index (χ0n) is 8.67. The maximum Gasteiger partial charge on any atom is 0.306 e. The molecule has 0 aliphatic carbocycles. The van der Waals surface area contributed by atoms with Crippen molar-refractivity contribution in [1.29, 1.82) is 0 Å². The number of aryl methyl sites for hydroxylation is 1. The monoisotopic (exact) mass is 234 g/mol. The van der Waals surface area contributed by atoms with Gasteiger partial charge in [-0.3, -0.25) is 4.40 Å². The van der Waals surface area contributed by atoms with Crippen LogP contribution in [0, 0.1) is 6.92 Å². The molecule has 3 rings (SSSR count). The molecule has 0 aliphatic rings. The Hall–Kier alpha value is -1.66. The number of oxazole rings is 1. The molecule has 5 nitrogen and oxygen atoms in total. The largest absolute Gasteiger partial charge is 0.420 e. The van der Waals surface area contributed by atoms with Crippen LogP contribution in [0.3, 0.4) is 0 Å². The van der Waals surface area contributed by atoms with Crippen molar-refractivity contribution in [3.8, 4) is 10.8 Å². The lowest BCUT2D eigenvalue weighted by Gasteiger charge is -1.86. The van der Waals surface area contributed by atoms with Crippen LogP contribution in [-0.2, 0) is 6.54 Å². The first-order valence-electron chi connectivity index (χ1n) is 4.86. The Labute approximate surface area is 95.6 Å². The van der Waals surface area contributed by atoms with E-state index in [2.05, 4.69) is 9.97 Å². The van der Waals surface area contributed by atoms with Gasteiger partial charge >= 0.3 is 5.84 Å². The van der Waals surface area contributed by atoms with E-state index >= 15 is 0 Å². The Morgan fingerprint density at radius 2 is 2.44 bits per heavy atom. The van der Waals surface area contributed by atoms with Gasteiger partial charge in [0.1, 0.15) is 0 Å². The number of hydrogen-bond donors (Lipinski definition) is 1. The number of nitrogens with zero attached hydrogens (tertiary/aromatic N) is 3. The summed E-state index contributed by atoms with van der Waals surface area (Å²) in [5.74, 6) is 1.33. The molecule has 0 spiro atoms. The van der Waals surface area contributed by atoms with Gasteiger partial charge in [-0.05, 0) is 6.92 Å². The molecular formula is C10H10N4OS. The van der Waals surface area contributed by atoms with Crippen LogP contribution in [0.25, 0.3) is 16.6 Å². The van der Waals surface area contributed by atoms with Crippen molar-refractivity contribution < 1.29 is 4.42 Å². The minimum atomic E-state index is 0.452. The van der Waals surface area contributed by atoms with E-state index in [1.54, 1.807) is 6.20 Å². The minimum Gasteiger partial charge on any atom is -0.420 e. The molecular weight excluding hydrogens is 224 g/mol. The fourth-order valence-corrected chi connectivity index (χ4v) is 2.29. The van der Waals surface area contributed by atoms with Gasteiger partial charge in [-0.15, -0.1) is 11.3 Å². The van der Waals surface area contributed by atoms with Crippen molar-refractivity contribution >= 4 is 17.2 Å². The summed E-state index contributed by atoms with van der Waals surface area (Å²) in [6.07, 6.45) is 3.67. The molecule has 0 atom stereocenters. The third kappa shape index (κ3) is 1.35. The molecule has 0 aliphatic heterocycles. The van der Waals surface area contributed by atoms with Gasteiger partial charge in [0.25, 0.3) is 0 Å². The first-order chi connectivity index (χ1) is 7.78. The van der Waals surface area contributed by atoms with Crippen molar-refractivity contribution in [2.75, 3.05) is 0 Å². The van der Waals surface area contributed by atoms with Gasteiger partial charge in [0.2, 0.25) is 0 Å². The fourth-order valence-electron chi connectivity index (χ4n) is 1.51. The highest BCUT2D eigenvalue weighted by Gasteiger charge is 2.11. The quantitative estimate of drug-likeness (QED) is 0.734. The Kier molecular flexibility index (Phi) is 2.05. The van der Waals surface area contributed by atoms with Gasteiger partial charge < -0.3 is 10.2 Å². The predicted octanol–water partition coefficient (Wildman–Crippen LogP) is 1.82. The van der Waals surface area contributed by atoms with Crippen LogP contribution in [0.2, 0.25) is 0 Å². The van der Waals surface area contributed by atoms with Crippen molar-refractivity contribution in [3.63, 3.8) is 0 Å². The third-order valence-electron chi connectivity index (χ3n) is 2.37. The van der Waals surface area contributed by atoms with Crippen LogP contribution >= 0.6 is 11.3 Å². The number of hydrogen-bond acceptors (Lipinski definition) is 5. The third-order valence-corrected chi connectivity index (χ3v) is 3.27. The zero-order valence-corrected chi connectivity index (χ0v) is 9.49. The Balaban J connectivity index is 2.11. The molecule has 0 aromatic carbocycles. The summed E-state index contributed by atoms with van der Waals surface area (Å²) in [5.41, 5.74) is 7.44. The second-order valence-electron chi connectivity index (χ2n) is 3.50. The summed E-state index contributed by atoms with van der Waals surface area (Å²) in [6.45, 7) is 2.43. The number of imidazole rings is 1. The lowest BCUT2D eigenvalue weighted by molar-refractivity contribution is 0.609. The van der Waals surface area contributed by atoms with Gasteiger partial charge in [0.05, 0.1) is 18.1 Å². The van der Waals surface area contributed by atoms with Gasteiger partial charge in [0.15, 0.2) is 10.8 Å². The number of aromatic nitrogens is 3. The summed E-state index contributed by atoms with van der Waals surface area (Å²) in [5, 5.41) is 2.78. The highest BCUT2D eigenvalue weighted by molar-refractivity contribution is 7.13. The second kappa shape index (κ2) is 3.43. The average Bonchev–Trinajstić information content (AvgIpc) is 2.95. The van der Waals surface area contributed by atoms with Crippen molar-refractivity contribution in [1.82, 2.24) is 14.4 Å². The summed E-state index contributed by atoms with van der Waals surface area (Å²) in [7, 11) is 0. The topological polar surface area (TPSA) is 69.3 Å². The van der Waals surface area contributed by atoms with Gasteiger partial charge in [0, 0.05) is 17.6 Å². The summed E-state index contributed by atoms with van der Waals surface area (Å²) in [6, 6.07) is 0. The van der Waals surface area contributed by atoms with Crippen molar-refractivity contribution in [2.45, 2.75) is 13.5 Å². The standard InChI is InChI=1S/C10H10N4OS/c1-6-3-12-10-14(6)4-8(15-10)9-13-7(2-11)5-16-9/h3-5H,2,11H2,1H3. The Morgan fingerprint density at radius 3 is 3.12 bits per heavy atom. The normalized spacial score (nSPS) is 11.4. The van der Waals surface area contributed by atoms with Crippen LogP contribution in [0.1, 0.15) is 11.4 Å². The molecule has 3 aromatic rings. The lowest BCUT2D eigenvalue weighted by Crippen LogP contribution is -1.95. The molecule has 82 valence electrons. The zero-order chi connectivity index (χ0) is 11.1. The molecule has 3 heterocycles. The van der Waals surface area contributed by atoms with E-state index < -0.39 is 0 Å². The molecule has 2 N–H and O–H groups in total. The maximum absolute atomic E-state index is 5.59. The molecule has 0 amide bonds. The van der Waals surface area contributed by atoms with Gasteiger partial charge in [-0.2, -0.15) is 0 Å². The highest BCUT2D eigenvalue weighted by atomic mass is 32.1. The number of thiazole rings is 1. The Bertz CT molecular complexity index is 636. The molecule has 16 heavy (non-hydrogen) atoms. The summed E-state index contributed by atoms with van der Waals surface area (Å²) < 4.78 is 7.49. The number of rotatable bonds is 2. The molecule has 0 fully saturated rings. The number of nitrogens with two attached hydrogens (primary N) is 1. The van der Waals surface area contributed by atoms with Crippen LogP contribution in [0.15, 0.2) is 22.2 Å². The van der Waals surface area contributed by atoms with Gasteiger partial charge in [-0.1, -0.05) is 0 Å². The predicted molar refractivity (Wildman–Crippen MR) is 61.2 cm³/mol. The molecule has 0 saturated carbocycles. The molecule has 6 heteroatoms. The van der Waals surface area contributed by atoms with E-state index in [1.165, 1.54) is 11.3 Å². The molecule has 0 bridgehead atoms. The van der Waals surface area contributed by atoms with Crippen LogP contribution in [0.4, 0.5) is 0 Å². The summed E-state index contributed by atoms with van der Waals surface area (Å²) in [4.78, 5) is 8.50. The van der Waals surface area contributed by atoms with E-state index in [9.17, 15) is 0 Å². The fraction of sp³-hybridized carbons (Fsp3) is 0.200. The first kappa shape index (κ1) is 9.56. The van der Waals surface area contributed by atoms with Crippen LogP contribution < -0.4 is 5.73 Å². The van der Waals surface area contributed by atoms with Crippen molar-refractivity contribution in [3.05, 3.63) is 29.2 Å². The van der Waals surface area contributed by atoms with E-state index in [0.717, 1.165) is 22.2 Å². The first-order valence-corrected chi connectivity index (χ1v) is 5.74. The molecule has 0 radical (unpaired) electrons.